The Hall–Kier alpha value is -1.67. The minimum Gasteiger partial charge on any atom is -0.478 e. The summed E-state index contributed by atoms with van der Waals surface area (Å²) in [4.78, 5) is 20.4. The number of carboxylic acid groups (broad SMARTS) is 1. The topological polar surface area (TPSA) is 121 Å². The average Bonchev–Trinajstić information content (AvgIpc) is 2.64. The number of hydrogen-bond donors (Lipinski definition) is 3. The number of nitrogens with one attached hydrogen (secondary N) is 1. The number of carboxylic acids is 1. The molecule has 0 aromatic heterocycles. The van der Waals surface area contributed by atoms with Crippen molar-refractivity contribution in [1.29, 1.82) is 0 Å². The molecular weight excluding hydrogens is 382 g/mol. The van der Waals surface area contributed by atoms with Crippen LogP contribution in [-0.2, 0) is 19.7 Å². The minimum atomic E-state index is -4.26. The van der Waals surface area contributed by atoms with E-state index in [2.05, 4.69) is 25.4 Å². The van der Waals surface area contributed by atoms with E-state index in [1.54, 1.807) is 0 Å². The Kier molecular flexibility index (Phi) is 19.0. The normalized spacial score (nSPS) is 11.6. The quantitative estimate of drug-likeness (QED) is 0.193. The van der Waals surface area contributed by atoms with Crippen molar-refractivity contribution in [1.82, 2.24) is 5.32 Å². The second kappa shape index (κ2) is 18.7. The highest BCUT2D eigenvalue weighted by Gasteiger charge is 2.23. The van der Waals surface area contributed by atoms with Gasteiger partial charge in [-0.15, -0.1) is 0 Å². The Bertz CT molecular complexity index is 545. The molecule has 164 valence electrons. The molecule has 0 aliphatic rings. The molecule has 0 aromatic carbocycles. The molecule has 0 saturated heterocycles. The number of aliphatic carboxylic acids is 1. The van der Waals surface area contributed by atoms with Crippen molar-refractivity contribution in [3.63, 3.8) is 0 Å². The Morgan fingerprint density at radius 2 is 1.29 bits per heavy atom. The molecule has 0 aliphatic carbocycles. The first-order valence-electron chi connectivity index (χ1n) is 9.93. The number of unbranched alkanes of at least 4 members (excludes halogenated alkanes) is 10. The van der Waals surface area contributed by atoms with Crippen LogP contribution in [0.2, 0.25) is 0 Å². The van der Waals surface area contributed by atoms with E-state index in [1.807, 2.05) is 0 Å². The van der Waals surface area contributed by atoms with E-state index in [4.69, 9.17) is 9.66 Å². The van der Waals surface area contributed by atoms with Crippen LogP contribution >= 0.6 is 0 Å². The van der Waals surface area contributed by atoms with Gasteiger partial charge in [0.15, 0.2) is 5.37 Å². The van der Waals surface area contributed by atoms with Gasteiger partial charge < -0.3 is 10.4 Å². The van der Waals surface area contributed by atoms with Crippen LogP contribution in [0.1, 0.15) is 84.0 Å². The lowest BCUT2D eigenvalue weighted by molar-refractivity contribution is -0.131. The van der Waals surface area contributed by atoms with Crippen molar-refractivity contribution in [2.45, 2.75) is 89.3 Å². The standard InChI is InChI=1S/C17H33NO4S.C3H4O2/c1-3-5-6-7-8-9-10-11-12-13-14-15-17(23(20,21)22)18-16(19)4-2;1-2-3(4)5/h4,17H,2-3,5-15H2,1H3,(H,18,19)(H,20,21,22);2H,1H2,(H,4,5). The van der Waals surface area contributed by atoms with Gasteiger partial charge in [0.05, 0.1) is 0 Å². The third kappa shape index (κ3) is 20.6. The molecule has 8 heteroatoms. The van der Waals surface area contributed by atoms with Crippen LogP contribution in [0.15, 0.2) is 25.3 Å². The fourth-order valence-corrected chi connectivity index (χ4v) is 3.24. The van der Waals surface area contributed by atoms with Gasteiger partial charge in [-0.1, -0.05) is 90.7 Å². The average molecular weight is 420 g/mol. The SMILES string of the molecule is C=CC(=O)NC(CCCCCCCCCCCCC)S(=O)(=O)O.C=CC(=O)O. The maximum absolute atomic E-state index is 11.2. The maximum atomic E-state index is 11.2. The van der Waals surface area contributed by atoms with Crippen molar-refractivity contribution in [2.75, 3.05) is 0 Å². The molecule has 0 spiro atoms. The van der Waals surface area contributed by atoms with E-state index in [0.717, 1.165) is 31.4 Å². The van der Waals surface area contributed by atoms with Crippen LogP contribution in [0.25, 0.3) is 0 Å². The number of carbonyl (C=O) groups is 2. The van der Waals surface area contributed by atoms with Crippen LogP contribution in [0.4, 0.5) is 0 Å². The van der Waals surface area contributed by atoms with E-state index in [1.165, 1.54) is 44.9 Å². The van der Waals surface area contributed by atoms with Crippen molar-refractivity contribution in [3.05, 3.63) is 25.3 Å². The zero-order valence-corrected chi connectivity index (χ0v) is 17.9. The molecule has 0 aliphatic heterocycles. The van der Waals surface area contributed by atoms with Gasteiger partial charge in [0.25, 0.3) is 10.1 Å². The number of rotatable bonds is 16. The van der Waals surface area contributed by atoms with Crippen LogP contribution in [0.3, 0.4) is 0 Å². The largest absolute Gasteiger partial charge is 0.478 e. The Labute approximate surface area is 170 Å². The zero-order valence-electron chi connectivity index (χ0n) is 17.1. The first kappa shape index (κ1) is 28.5. The van der Waals surface area contributed by atoms with Crippen LogP contribution < -0.4 is 5.32 Å². The lowest BCUT2D eigenvalue weighted by Gasteiger charge is -2.14. The van der Waals surface area contributed by atoms with Gasteiger partial charge in [0.1, 0.15) is 0 Å². The van der Waals surface area contributed by atoms with E-state index in [0.29, 0.717) is 6.42 Å². The molecule has 0 fully saturated rings. The Morgan fingerprint density at radius 3 is 1.61 bits per heavy atom. The zero-order chi connectivity index (χ0) is 21.8. The van der Waals surface area contributed by atoms with Crippen LogP contribution in [-0.4, -0.2) is 35.3 Å². The predicted octanol–water partition coefficient (Wildman–Crippen LogP) is 4.46. The molecule has 28 heavy (non-hydrogen) atoms. The fourth-order valence-electron chi connectivity index (χ4n) is 2.51. The molecule has 0 saturated carbocycles. The summed E-state index contributed by atoms with van der Waals surface area (Å²) in [7, 11) is -4.26. The Morgan fingerprint density at radius 1 is 0.893 bits per heavy atom. The molecule has 0 heterocycles. The predicted molar refractivity (Wildman–Crippen MR) is 113 cm³/mol. The van der Waals surface area contributed by atoms with Gasteiger partial charge in [0.2, 0.25) is 5.91 Å². The number of hydrogen-bond acceptors (Lipinski definition) is 4. The molecule has 0 rings (SSSR count). The maximum Gasteiger partial charge on any atom is 0.327 e. The second-order valence-electron chi connectivity index (χ2n) is 6.58. The summed E-state index contributed by atoms with van der Waals surface area (Å²) in [5.74, 6) is -1.57. The highest BCUT2D eigenvalue weighted by Crippen LogP contribution is 2.13. The molecule has 1 unspecified atom stereocenters. The summed E-state index contributed by atoms with van der Waals surface area (Å²) in [6.07, 6.45) is 14.9. The third-order valence-electron chi connectivity index (χ3n) is 4.09. The first-order valence-corrected chi connectivity index (χ1v) is 11.4. The molecule has 0 radical (unpaired) electrons. The van der Waals surface area contributed by atoms with Gasteiger partial charge in [-0.25, -0.2) is 4.79 Å². The molecule has 0 bridgehead atoms. The number of amides is 1. The summed E-state index contributed by atoms with van der Waals surface area (Å²) in [5.41, 5.74) is 0. The number of carbonyl (C=O) groups excluding carboxylic acids is 1. The lowest BCUT2D eigenvalue weighted by atomic mass is 10.1. The molecule has 1 atom stereocenters. The summed E-state index contributed by atoms with van der Waals surface area (Å²) < 4.78 is 31.5. The van der Waals surface area contributed by atoms with Gasteiger partial charge in [-0.05, 0) is 12.5 Å². The van der Waals surface area contributed by atoms with Gasteiger partial charge in [-0.2, -0.15) is 8.42 Å². The van der Waals surface area contributed by atoms with E-state index >= 15 is 0 Å². The summed E-state index contributed by atoms with van der Waals surface area (Å²) in [6, 6.07) is 0. The van der Waals surface area contributed by atoms with E-state index in [9.17, 15) is 18.0 Å². The second-order valence-corrected chi connectivity index (χ2v) is 8.18. The smallest absolute Gasteiger partial charge is 0.327 e. The molecular formula is C20H37NO6S. The lowest BCUT2D eigenvalue weighted by Crippen LogP contribution is -2.39. The van der Waals surface area contributed by atoms with Crippen molar-refractivity contribution in [2.24, 2.45) is 0 Å². The highest BCUT2D eigenvalue weighted by atomic mass is 32.2. The highest BCUT2D eigenvalue weighted by molar-refractivity contribution is 7.86. The van der Waals surface area contributed by atoms with Crippen molar-refractivity contribution < 1.29 is 27.7 Å². The molecule has 0 aromatic rings. The van der Waals surface area contributed by atoms with Crippen molar-refractivity contribution in [3.8, 4) is 0 Å². The van der Waals surface area contributed by atoms with Gasteiger partial charge >= 0.3 is 5.97 Å². The monoisotopic (exact) mass is 419 g/mol. The van der Waals surface area contributed by atoms with Gasteiger partial charge in [-0.3, -0.25) is 9.35 Å². The molecule has 3 N–H and O–H groups in total. The minimum absolute atomic E-state index is 0.232. The summed E-state index contributed by atoms with van der Waals surface area (Å²) in [6.45, 7) is 8.45. The van der Waals surface area contributed by atoms with Crippen LogP contribution in [0.5, 0.6) is 0 Å². The Balaban J connectivity index is 0. The summed E-state index contributed by atoms with van der Waals surface area (Å²) >= 11 is 0. The van der Waals surface area contributed by atoms with E-state index < -0.39 is 27.4 Å². The van der Waals surface area contributed by atoms with Gasteiger partial charge in [0, 0.05) is 6.08 Å². The molecule has 1 amide bonds. The first-order chi connectivity index (χ1) is 13.2. The van der Waals surface area contributed by atoms with Crippen LogP contribution in [0, 0.1) is 0 Å². The van der Waals surface area contributed by atoms with Crippen molar-refractivity contribution >= 4 is 22.0 Å². The molecule has 7 nitrogen and oxygen atoms in total. The fraction of sp³-hybridized carbons (Fsp3) is 0.700. The third-order valence-corrected chi connectivity index (χ3v) is 5.17. The summed E-state index contributed by atoms with van der Waals surface area (Å²) in [5, 5.41) is 8.62. The van der Waals surface area contributed by atoms with E-state index in [-0.39, 0.29) is 6.42 Å².